The van der Waals surface area contributed by atoms with Crippen LogP contribution in [0.15, 0.2) is 0 Å². The van der Waals surface area contributed by atoms with Crippen LogP contribution in [0.3, 0.4) is 0 Å². The number of carbonyl (C=O) groups excluding carboxylic acids is 2. The lowest BCUT2D eigenvalue weighted by Gasteiger charge is -2.39. The van der Waals surface area contributed by atoms with Crippen molar-refractivity contribution in [3.05, 3.63) is 0 Å². The summed E-state index contributed by atoms with van der Waals surface area (Å²) in [5.41, 5.74) is -0.175. The molecule has 2 nitrogen and oxygen atoms in total. The van der Waals surface area contributed by atoms with E-state index >= 15 is 0 Å². The molecule has 1 aliphatic rings. The van der Waals surface area contributed by atoms with Gasteiger partial charge >= 0.3 is 0 Å². The summed E-state index contributed by atoms with van der Waals surface area (Å²) >= 11 is 0. The van der Waals surface area contributed by atoms with Crippen molar-refractivity contribution in [2.45, 2.75) is 54.4 Å². The summed E-state index contributed by atoms with van der Waals surface area (Å²) in [5, 5.41) is 0. The molecule has 1 aliphatic carbocycles. The van der Waals surface area contributed by atoms with Gasteiger partial charge in [0.15, 0.2) is 0 Å². The molecule has 1 saturated carbocycles. The van der Waals surface area contributed by atoms with Crippen LogP contribution in [0.1, 0.15) is 54.4 Å². The smallest absolute Gasteiger partial charge is 0.137 e. The summed E-state index contributed by atoms with van der Waals surface area (Å²) in [7, 11) is 0. The zero-order valence-electron chi connectivity index (χ0n) is 11.4. The van der Waals surface area contributed by atoms with Crippen LogP contribution in [-0.4, -0.2) is 11.6 Å². The van der Waals surface area contributed by atoms with Crippen LogP contribution >= 0.6 is 0 Å². The fourth-order valence-corrected chi connectivity index (χ4v) is 2.49. The lowest BCUT2D eigenvalue weighted by molar-refractivity contribution is -0.143. The van der Waals surface area contributed by atoms with Crippen molar-refractivity contribution in [3.63, 3.8) is 0 Å². The Bertz CT molecular complexity index is 270. The van der Waals surface area contributed by atoms with Crippen molar-refractivity contribution in [1.82, 2.24) is 0 Å². The predicted molar refractivity (Wildman–Crippen MR) is 65.1 cm³/mol. The number of Topliss-reactive ketones (excluding diaryl/α,β-unsaturated/α-hetero) is 2. The second-order valence-corrected chi connectivity index (χ2v) is 7.18. The summed E-state index contributed by atoms with van der Waals surface area (Å²) in [6.45, 7) is 12.3. The molecule has 0 aliphatic heterocycles. The number of hydrogen-bond donors (Lipinski definition) is 0. The second-order valence-electron chi connectivity index (χ2n) is 7.18. The van der Waals surface area contributed by atoms with Gasteiger partial charge in [-0.15, -0.1) is 0 Å². The molecule has 0 N–H and O–H groups in total. The van der Waals surface area contributed by atoms with Crippen LogP contribution < -0.4 is 0 Å². The number of hydrogen-bond acceptors (Lipinski definition) is 2. The van der Waals surface area contributed by atoms with Crippen molar-refractivity contribution in [1.29, 1.82) is 0 Å². The second kappa shape index (κ2) is 3.97. The maximum Gasteiger partial charge on any atom is 0.137 e. The van der Waals surface area contributed by atoms with E-state index in [1.54, 1.807) is 0 Å². The Labute approximate surface area is 98.8 Å². The number of rotatable bonds is 0. The Morgan fingerprint density at radius 3 is 1.19 bits per heavy atom. The standard InChI is InChI=1S/C14H24O2/c1-13(2,3)9-7-12(16)10(8-11(9)15)14(4,5)6/h9-10H,7-8H2,1-6H3/t9-,10-/m1/s1. The maximum atomic E-state index is 12.1. The third-order valence-electron chi connectivity index (χ3n) is 3.68. The van der Waals surface area contributed by atoms with Gasteiger partial charge < -0.3 is 0 Å². The molecule has 16 heavy (non-hydrogen) atoms. The SMILES string of the molecule is CC(C)(C)[C@@H]1CC(=O)[C@H](C(C)(C)C)CC1=O. The van der Waals surface area contributed by atoms with E-state index in [1.807, 2.05) is 41.5 Å². The molecule has 2 heteroatoms. The zero-order valence-corrected chi connectivity index (χ0v) is 11.4. The van der Waals surface area contributed by atoms with Crippen molar-refractivity contribution >= 4 is 11.6 Å². The molecule has 0 aromatic carbocycles. The highest BCUT2D eigenvalue weighted by atomic mass is 16.1. The Hall–Kier alpha value is -0.660. The first kappa shape index (κ1) is 13.4. The van der Waals surface area contributed by atoms with E-state index in [0.717, 1.165) is 0 Å². The normalized spacial score (nSPS) is 28.4. The van der Waals surface area contributed by atoms with Crippen LogP contribution in [-0.2, 0) is 9.59 Å². The largest absolute Gasteiger partial charge is 0.299 e. The minimum Gasteiger partial charge on any atom is -0.299 e. The van der Waals surface area contributed by atoms with Crippen molar-refractivity contribution in [2.24, 2.45) is 22.7 Å². The van der Waals surface area contributed by atoms with E-state index in [4.69, 9.17) is 0 Å². The maximum absolute atomic E-state index is 12.1. The molecule has 0 aromatic heterocycles. The van der Waals surface area contributed by atoms with E-state index in [9.17, 15) is 9.59 Å². The topological polar surface area (TPSA) is 34.1 Å². The minimum absolute atomic E-state index is 0.0846. The van der Waals surface area contributed by atoms with Gasteiger partial charge in [0.2, 0.25) is 0 Å². The first-order valence-electron chi connectivity index (χ1n) is 6.09. The van der Waals surface area contributed by atoms with Crippen LogP contribution in [0.2, 0.25) is 0 Å². The molecule has 1 rings (SSSR count). The third kappa shape index (κ3) is 2.72. The highest BCUT2D eigenvalue weighted by molar-refractivity contribution is 5.97. The van der Waals surface area contributed by atoms with Crippen molar-refractivity contribution in [2.75, 3.05) is 0 Å². The fourth-order valence-electron chi connectivity index (χ4n) is 2.49. The van der Waals surface area contributed by atoms with Crippen LogP contribution in [0, 0.1) is 22.7 Å². The average molecular weight is 224 g/mol. The molecule has 1 fully saturated rings. The molecule has 0 amide bonds. The van der Waals surface area contributed by atoms with Gasteiger partial charge in [-0.05, 0) is 10.8 Å². The quantitative estimate of drug-likeness (QED) is 0.633. The van der Waals surface area contributed by atoms with Gasteiger partial charge in [-0.25, -0.2) is 0 Å². The van der Waals surface area contributed by atoms with E-state index in [-0.39, 0.29) is 34.2 Å². The molecule has 0 radical (unpaired) electrons. The molecule has 0 unspecified atom stereocenters. The van der Waals surface area contributed by atoms with Gasteiger partial charge in [0.05, 0.1) is 0 Å². The van der Waals surface area contributed by atoms with Gasteiger partial charge in [0, 0.05) is 24.7 Å². The van der Waals surface area contributed by atoms with E-state index in [2.05, 4.69) is 0 Å². The fraction of sp³-hybridized carbons (Fsp3) is 0.857. The highest BCUT2D eigenvalue weighted by Gasteiger charge is 2.44. The monoisotopic (exact) mass is 224 g/mol. The predicted octanol–water partition coefficient (Wildman–Crippen LogP) is 3.24. The van der Waals surface area contributed by atoms with Crippen LogP contribution in [0.4, 0.5) is 0 Å². The van der Waals surface area contributed by atoms with E-state index < -0.39 is 0 Å². The lowest BCUT2D eigenvalue weighted by Crippen LogP contribution is -2.43. The summed E-state index contributed by atoms with van der Waals surface area (Å²) in [4.78, 5) is 24.2. The average Bonchev–Trinajstić information content (AvgIpc) is 2.04. The number of carbonyl (C=O) groups is 2. The minimum atomic E-state index is -0.0877. The Balaban J connectivity index is 2.88. The van der Waals surface area contributed by atoms with Crippen molar-refractivity contribution < 1.29 is 9.59 Å². The zero-order chi connectivity index (χ0) is 12.7. The van der Waals surface area contributed by atoms with Gasteiger partial charge in [-0.1, -0.05) is 41.5 Å². The molecule has 0 heterocycles. The first-order chi connectivity index (χ1) is 7.03. The Kier molecular flexibility index (Phi) is 3.33. The number of ketones is 2. The van der Waals surface area contributed by atoms with E-state index in [0.29, 0.717) is 12.8 Å². The van der Waals surface area contributed by atoms with Gasteiger partial charge in [-0.2, -0.15) is 0 Å². The molecule has 92 valence electrons. The molecule has 0 bridgehead atoms. The first-order valence-corrected chi connectivity index (χ1v) is 6.09. The van der Waals surface area contributed by atoms with Gasteiger partial charge in [0.1, 0.15) is 11.6 Å². The molecule has 2 atom stereocenters. The molecular weight excluding hydrogens is 200 g/mol. The summed E-state index contributed by atoms with van der Waals surface area (Å²) in [6, 6.07) is 0. The Morgan fingerprint density at radius 1 is 0.750 bits per heavy atom. The molecule has 0 saturated heterocycles. The highest BCUT2D eigenvalue weighted by Crippen LogP contribution is 2.41. The summed E-state index contributed by atoms with van der Waals surface area (Å²) < 4.78 is 0. The van der Waals surface area contributed by atoms with E-state index in [1.165, 1.54) is 0 Å². The van der Waals surface area contributed by atoms with Crippen molar-refractivity contribution in [3.8, 4) is 0 Å². The molecule has 0 spiro atoms. The van der Waals surface area contributed by atoms with Crippen LogP contribution in [0.5, 0.6) is 0 Å². The van der Waals surface area contributed by atoms with Crippen LogP contribution in [0.25, 0.3) is 0 Å². The van der Waals surface area contributed by atoms with Gasteiger partial charge in [0.25, 0.3) is 0 Å². The lowest BCUT2D eigenvalue weighted by atomic mass is 9.63. The Morgan fingerprint density at radius 2 is 1.00 bits per heavy atom. The summed E-state index contributed by atoms with van der Waals surface area (Å²) in [6.07, 6.45) is 0.870. The molecule has 0 aromatic rings. The molecular formula is C14H24O2. The summed E-state index contributed by atoms with van der Waals surface area (Å²) in [5.74, 6) is 0.372. The van der Waals surface area contributed by atoms with Gasteiger partial charge in [-0.3, -0.25) is 9.59 Å². The third-order valence-corrected chi connectivity index (χ3v) is 3.68.